The van der Waals surface area contributed by atoms with Crippen LogP contribution in [-0.2, 0) is 0 Å². The lowest BCUT2D eigenvalue weighted by Gasteiger charge is -2.16. The van der Waals surface area contributed by atoms with Gasteiger partial charge in [0.2, 0.25) is 0 Å². The summed E-state index contributed by atoms with van der Waals surface area (Å²) < 4.78 is 0. The van der Waals surface area contributed by atoms with E-state index in [1.165, 1.54) is 17.0 Å². The number of nitro groups is 1. The van der Waals surface area contributed by atoms with E-state index in [4.69, 9.17) is 0 Å². The third-order valence-electron chi connectivity index (χ3n) is 2.71. The molecule has 1 aromatic carbocycles. The maximum absolute atomic E-state index is 10.6. The first-order valence-electron chi connectivity index (χ1n) is 5.75. The number of hydrogen-bond acceptors (Lipinski definition) is 4. The SMILES string of the molecule is CCC(Nc1ccc([N+](=O)[O-])cc1)c1cccs1. The zero-order valence-electron chi connectivity index (χ0n) is 10.00. The topological polar surface area (TPSA) is 55.2 Å². The molecule has 0 spiro atoms. The third-order valence-corrected chi connectivity index (χ3v) is 3.70. The molecule has 0 amide bonds. The maximum atomic E-state index is 10.6. The lowest BCUT2D eigenvalue weighted by molar-refractivity contribution is -0.384. The molecule has 1 heterocycles. The summed E-state index contributed by atoms with van der Waals surface area (Å²) in [6, 6.07) is 10.9. The Balaban J connectivity index is 2.10. The first kappa shape index (κ1) is 12.6. The van der Waals surface area contributed by atoms with E-state index in [1.807, 2.05) is 6.07 Å². The molecule has 0 aliphatic heterocycles. The minimum absolute atomic E-state index is 0.115. The Hall–Kier alpha value is -1.88. The van der Waals surface area contributed by atoms with E-state index < -0.39 is 0 Å². The summed E-state index contributed by atoms with van der Waals surface area (Å²) in [6.45, 7) is 2.11. The van der Waals surface area contributed by atoms with E-state index in [0.29, 0.717) is 0 Å². The van der Waals surface area contributed by atoms with Gasteiger partial charge in [0.25, 0.3) is 5.69 Å². The smallest absolute Gasteiger partial charge is 0.269 e. The normalized spacial score (nSPS) is 12.1. The van der Waals surface area contributed by atoms with Crippen molar-refractivity contribution in [1.29, 1.82) is 0 Å². The molecule has 2 rings (SSSR count). The van der Waals surface area contributed by atoms with Gasteiger partial charge in [0.15, 0.2) is 0 Å². The van der Waals surface area contributed by atoms with Gasteiger partial charge in [-0.05, 0) is 30.0 Å². The number of nitro benzene ring substituents is 1. The summed E-state index contributed by atoms with van der Waals surface area (Å²) in [5.74, 6) is 0. The number of benzene rings is 1. The molecular weight excluding hydrogens is 248 g/mol. The zero-order valence-corrected chi connectivity index (χ0v) is 10.8. The highest BCUT2D eigenvalue weighted by molar-refractivity contribution is 7.10. The Morgan fingerprint density at radius 1 is 1.33 bits per heavy atom. The quantitative estimate of drug-likeness (QED) is 0.648. The van der Waals surface area contributed by atoms with Crippen LogP contribution in [0.15, 0.2) is 41.8 Å². The lowest BCUT2D eigenvalue weighted by Crippen LogP contribution is -2.07. The van der Waals surface area contributed by atoms with Crippen molar-refractivity contribution in [2.24, 2.45) is 0 Å². The average molecular weight is 262 g/mol. The molecule has 1 N–H and O–H groups in total. The van der Waals surface area contributed by atoms with Crippen molar-refractivity contribution in [3.63, 3.8) is 0 Å². The first-order chi connectivity index (χ1) is 8.70. The number of non-ortho nitro benzene ring substituents is 1. The molecule has 1 aromatic heterocycles. The second-order valence-corrected chi connectivity index (χ2v) is 4.90. The molecular formula is C13H14N2O2S. The van der Waals surface area contributed by atoms with Gasteiger partial charge < -0.3 is 5.32 Å². The van der Waals surface area contributed by atoms with E-state index in [2.05, 4.69) is 23.7 Å². The first-order valence-corrected chi connectivity index (χ1v) is 6.63. The Kier molecular flexibility index (Phi) is 3.94. The number of thiophene rings is 1. The molecule has 0 bridgehead atoms. The van der Waals surface area contributed by atoms with Gasteiger partial charge in [-0.3, -0.25) is 10.1 Å². The van der Waals surface area contributed by atoms with Crippen LogP contribution in [0.1, 0.15) is 24.3 Å². The second kappa shape index (κ2) is 5.64. The minimum atomic E-state index is -0.389. The molecule has 0 fully saturated rings. The monoisotopic (exact) mass is 262 g/mol. The number of rotatable bonds is 5. The van der Waals surface area contributed by atoms with Crippen molar-refractivity contribution >= 4 is 22.7 Å². The van der Waals surface area contributed by atoms with Gasteiger partial charge in [-0.15, -0.1) is 11.3 Å². The van der Waals surface area contributed by atoms with Crippen LogP contribution < -0.4 is 5.32 Å². The molecule has 18 heavy (non-hydrogen) atoms. The van der Waals surface area contributed by atoms with Crippen LogP contribution in [0.3, 0.4) is 0 Å². The summed E-state index contributed by atoms with van der Waals surface area (Å²) in [5.41, 5.74) is 1.02. The van der Waals surface area contributed by atoms with Crippen molar-refractivity contribution in [2.75, 3.05) is 5.32 Å². The highest BCUT2D eigenvalue weighted by atomic mass is 32.1. The van der Waals surface area contributed by atoms with Gasteiger partial charge in [0.05, 0.1) is 11.0 Å². The van der Waals surface area contributed by atoms with Gasteiger partial charge in [0.1, 0.15) is 0 Å². The summed E-state index contributed by atoms with van der Waals surface area (Å²) in [7, 11) is 0. The van der Waals surface area contributed by atoms with Gasteiger partial charge in [0, 0.05) is 22.7 Å². The van der Waals surface area contributed by atoms with Gasteiger partial charge in [-0.25, -0.2) is 0 Å². The van der Waals surface area contributed by atoms with Crippen LogP contribution in [0, 0.1) is 10.1 Å². The van der Waals surface area contributed by atoms with E-state index in [0.717, 1.165) is 12.1 Å². The number of nitrogens with zero attached hydrogens (tertiary/aromatic N) is 1. The molecule has 5 heteroatoms. The fraction of sp³-hybridized carbons (Fsp3) is 0.231. The molecule has 0 saturated heterocycles. The predicted molar refractivity (Wildman–Crippen MR) is 74.1 cm³/mol. The lowest BCUT2D eigenvalue weighted by atomic mass is 10.1. The molecule has 1 atom stereocenters. The maximum Gasteiger partial charge on any atom is 0.269 e. The average Bonchev–Trinajstić information content (AvgIpc) is 2.90. The van der Waals surface area contributed by atoms with Crippen LogP contribution >= 0.6 is 11.3 Å². The van der Waals surface area contributed by atoms with E-state index in [9.17, 15) is 10.1 Å². The molecule has 0 aliphatic rings. The van der Waals surface area contributed by atoms with Crippen molar-refractivity contribution in [1.82, 2.24) is 0 Å². The predicted octanol–water partition coefficient (Wildman–Crippen LogP) is 4.22. The van der Waals surface area contributed by atoms with Gasteiger partial charge in [-0.1, -0.05) is 13.0 Å². The van der Waals surface area contributed by atoms with E-state index in [-0.39, 0.29) is 16.7 Å². The highest BCUT2D eigenvalue weighted by Crippen LogP contribution is 2.26. The summed E-state index contributed by atoms with van der Waals surface area (Å²) in [6.07, 6.45) is 0.970. The van der Waals surface area contributed by atoms with E-state index in [1.54, 1.807) is 23.5 Å². The molecule has 1 unspecified atom stereocenters. The van der Waals surface area contributed by atoms with E-state index >= 15 is 0 Å². The largest absolute Gasteiger partial charge is 0.377 e. The Labute approximate surface area is 109 Å². The van der Waals surface area contributed by atoms with Crippen LogP contribution in [-0.4, -0.2) is 4.92 Å². The fourth-order valence-electron chi connectivity index (χ4n) is 1.74. The fourth-order valence-corrected chi connectivity index (χ4v) is 2.61. The molecule has 4 nitrogen and oxygen atoms in total. The molecule has 94 valence electrons. The summed E-state index contributed by atoms with van der Waals surface area (Å²) in [5, 5.41) is 16.0. The van der Waals surface area contributed by atoms with Crippen LogP contribution in [0.4, 0.5) is 11.4 Å². The molecule has 0 saturated carbocycles. The Morgan fingerprint density at radius 3 is 2.56 bits per heavy atom. The Bertz CT molecular complexity index is 508. The highest BCUT2D eigenvalue weighted by Gasteiger charge is 2.11. The number of nitrogens with one attached hydrogen (secondary N) is 1. The molecule has 0 radical (unpaired) electrons. The Morgan fingerprint density at radius 2 is 2.06 bits per heavy atom. The van der Waals surface area contributed by atoms with Gasteiger partial charge >= 0.3 is 0 Å². The second-order valence-electron chi connectivity index (χ2n) is 3.92. The van der Waals surface area contributed by atoms with Gasteiger partial charge in [-0.2, -0.15) is 0 Å². The summed E-state index contributed by atoms with van der Waals surface area (Å²) >= 11 is 1.71. The van der Waals surface area contributed by atoms with Crippen LogP contribution in [0.2, 0.25) is 0 Å². The van der Waals surface area contributed by atoms with Crippen molar-refractivity contribution in [3.8, 4) is 0 Å². The third kappa shape index (κ3) is 2.87. The van der Waals surface area contributed by atoms with Crippen LogP contribution in [0.5, 0.6) is 0 Å². The van der Waals surface area contributed by atoms with Crippen molar-refractivity contribution in [2.45, 2.75) is 19.4 Å². The van der Waals surface area contributed by atoms with Crippen LogP contribution in [0.25, 0.3) is 0 Å². The molecule has 0 aliphatic carbocycles. The van der Waals surface area contributed by atoms with Crippen molar-refractivity contribution in [3.05, 3.63) is 56.8 Å². The minimum Gasteiger partial charge on any atom is -0.377 e. The van der Waals surface area contributed by atoms with Crippen molar-refractivity contribution < 1.29 is 4.92 Å². The summed E-state index contributed by atoms with van der Waals surface area (Å²) in [4.78, 5) is 11.4. The molecule has 2 aromatic rings. The number of hydrogen-bond donors (Lipinski definition) is 1. The number of anilines is 1. The standard InChI is InChI=1S/C13H14N2O2S/c1-2-12(13-4-3-9-18-13)14-10-5-7-11(8-6-10)15(16)17/h3-9,12,14H,2H2,1H3. The zero-order chi connectivity index (χ0) is 13.0.